The van der Waals surface area contributed by atoms with E-state index in [-0.39, 0.29) is 0 Å². The maximum absolute atomic E-state index is 5.72. The lowest BCUT2D eigenvalue weighted by atomic mass is 10.1. The summed E-state index contributed by atoms with van der Waals surface area (Å²) in [6, 6.07) is 0. The van der Waals surface area contributed by atoms with Crippen molar-refractivity contribution in [3.05, 3.63) is 58.6 Å². The van der Waals surface area contributed by atoms with E-state index in [0.717, 1.165) is 23.3 Å². The van der Waals surface area contributed by atoms with Crippen LogP contribution in [0.2, 0.25) is 0 Å². The number of nitrogens with one attached hydrogen (secondary N) is 1. The van der Waals surface area contributed by atoms with E-state index in [9.17, 15) is 0 Å². The number of nitrogens with zero attached hydrogens (tertiary/aromatic N) is 1. The fraction of sp³-hybridized carbons (Fsp3) is 0.389. The Kier molecular flexibility index (Phi) is 7.30. The molecule has 0 bridgehead atoms. The van der Waals surface area contributed by atoms with E-state index in [0.29, 0.717) is 0 Å². The van der Waals surface area contributed by atoms with Gasteiger partial charge in [0.15, 0.2) is 0 Å². The fourth-order valence-corrected chi connectivity index (χ4v) is 2.04. The monoisotopic (exact) mass is 285 g/mol. The average Bonchev–Trinajstić information content (AvgIpc) is 3.29. The molecule has 1 fully saturated rings. The molecule has 21 heavy (non-hydrogen) atoms. The lowest BCUT2D eigenvalue weighted by molar-refractivity contribution is 0.973. The molecule has 3 heteroatoms. The zero-order chi connectivity index (χ0) is 15.7. The molecule has 1 aliphatic rings. The van der Waals surface area contributed by atoms with Gasteiger partial charge >= 0.3 is 0 Å². The Morgan fingerprint density at radius 2 is 2.05 bits per heavy atom. The van der Waals surface area contributed by atoms with Crippen LogP contribution >= 0.6 is 0 Å². The highest BCUT2D eigenvalue weighted by atomic mass is 14.9. The predicted octanol–water partition coefficient (Wildman–Crippen LogP) is 3.98. The van der Waals surface area contributed by atoms with Gasteiger partial charge in [-0.15, -0.1) is 0 Å². The normalized spacial score (nSPS) is 17.0. The SMILES string of the molecule is C\C=C/C(=C\C(=C\CC)NC(C)=C1CC1)C(C=NC)=CN. The highest BCUT2D eigenvalue weighted by molar-refractivity contribution is 5.86. The Labute approximate surface area is 128 Å². The highest BCUT2D eigenvalue weighted by Gasteiger charge is 2.15. The van der Waals surface area contributed by atoms with Crippen LogP contribution in [-0.2, 0) is 0 Å². The molecule has 0 spiro atoms. The Morgan fingerprint density at radius 3 is 2.52 bits per heavy atom. The lowest BCUT2D eigenvalue weighted by Crippen LogP contribution is -2.10. The molecule has 0 aromatic carbocycles. The first-order chi connectivity index (χ1) is 10.2. The summed E-state index contributed by atoms with van der Waals surface area (Å²) in [6.45, 7) is 6.28. The average molecular weight is 285 g/mol. The molecule has 114 valence electrons. The summed E-state index contributed by atoms with van der Waals surface area (Å²) in [5.74, 6) is 0. The maximum Gasteiger partial charge on any atom is 0.0347 e. The first-order valence-electron chi connectivity index (χ1n) is 7.50. The van der Waals surface area contributed by atoms with Crippen molar-refractivity contribution in [3.63, 3.8) is 0 Å². The summed E-state index contributed by atoms with van der Waals surface area (Å²) in [4.78, 5) is 4.07. The number of nitrogens with two attached hydrogens (primary N) is 1. The number of hydrogen-bond acceptors (Lipinski definition) is 3. The minimum Gasteiger partial charge on any atom is -0.404 e. The minimum atomic E-state index is 0.913. The molecular weight excluding hydrogens is 258 g/mol. The molecular formula is C18H27N3. The molecule has 0 aliphatic heterocycles. The van der Waals surface area contributed by atoms with E-state index in [1.54, 1.807) is 19.5 Å². The molecule has 1 aliphatic carbocycles. The quantitative estimate of drug-likeness (QED) is 0.549. The van der Waals surface area contributed by atoms with Crippen LogP contribution in [0, 0.1) is 0 Å². The van der Waals surface area contributed by atoms with Crippen LogP contribution < -0.4 is 11.1 Å². The summed E-state index contributed by atoms with van der Waals surface area (Å²) in [6.07, 6.45) is 15.2. The fourth-order valence-electron chi connectivity index (χ4n) is 2.04. The van der Waals surface area contributed by atoms with Crippen LogP contribution in [0.25, 0.3) is 0 Å². The Hall–Kier alpha value is -2.03. The van der Waals surface area contributed by atoms with Crippen molar-refractivity contribution in [1.29, 1.82) is 0 Å². The van der Waals surface area contributed by atoms with Gasteiger partial charge in [0.05, 0.1) is 0 Å². The number of aliphatic imine (C=N–C) groups is 1. The van der Waals surface area contributed by atoms with Crippen LogP contribution in [0.3, 0.4) is 0 Å². The molecule has 0 aromatic heterocycles. The second-order valence-electron chi connectivity index (χ2n) is 5.03. The van der Waals surface area contributed by atoms with Gasteiger partial charge < -0.3 is 11.1 Å². The third kappa shape index (κ3) is 5.86. The lowest BCUT2D eigenvalue weighted by Gasteiger charge is -2.10. The number of allylic oxidation sites excluding steroid dienone is 8. The van der Waals surface area contributed by atoms with Crippen LogP contribution in [0.15, 0.2) is 63.6 Å². The van der Waals surface area contributed by atoms with Gasteiger partial charge in [0, 0.05) is 36.4 Å². The number of hydrogen-bond donors (Lipinski definition) is 2. The summed E-state index contributed by atoms with van der Waals surface area (Å²) >= 11 is 0. The van der Waals surface area contributed by atoms with E-state index >= 15 is 0 Å². The van der Waals surface area contributed by atoms with Gasteiger partial charge in [-0.05, 0) is 44.8 Å². The Balaban J connectivity index is 3.08. The van der Waals surface area contributed by atoms with Crippen LogP contribution in [0.4, 0.5) is 0 Å². The van der Waals surface area contributed by atoms with Gasteiger partial charge in [-0.3, -0.25) is 4.99 Å². The molecule has 1 saturated carbocycles. The third-order valence-corrected chi connectivity index (χ3v) is 3.22. The molecule has 3 nitrogen and oxygen atoms in total. The first kappa shape index (κ1) is 17.0. The van der Waals surface area contributed by atoms with Crippen molar-refractivity contribution < 1.29 is 0 Å². The Morgan fingerprint density at radius 1 is 1.33 bits per heavy atom. The van der Waals surface area contributed by atoms with Gasteiger partial charge in [0.2, 0.25) is 0 Å². The molecule has 0 atom stereocenters. The predicted molar refractivity (Wildman–Crippen MR) is 93.0 cm³/mol. The van der Waals surface area contributed by atoms with Crippen molar-refractivity contribution in [3.8, 4) is 0 Å². The largest absolute Gasteiger partial charge is 0.404 e. The van der Waals surface area contributed by atoms with Crippen LogP contribution in [0.5, 0.6) is 0 Å². The van der Waals surface area contributed by atoms with Gasteiger partial charge in [0.1, 0.15) is 0 Å². The summed E-state index contributed by atoms with van der Waals surface area (Å²) in [5, 5.41) is 3.51. The van der Waals surface area contributed by atoms with Gasteiger partial charge in [-0.2, -0.15) is 0 Å². The van der Waals surface area contributed by atoms with Crippen molar-refractivity contribution in [2.45, 2.75) is 40.0 Å². The van der Waals surface area contributed by atoms with Crippen molar-refractivity contribution in [2.75, 3.05) is 7.05 Å². The molecule has 3 N–H and O–H groups in total. The Bertz CT molecular complexity index is 523. The van der Waals surface area contributed by atoms with Gasteiger partial charge in [-0.1, -0.05) is 30.7 Å². The zero-order valence-electron chi connectivity index (χ0n) is 13.6. The van der Waals surface area contributed by atoms with E-state index in [4.69, 9.17) is 5.73 Å². The van der Waals surface area contributed by atoms with Crippen molar-refractivity contribution in [1.82, 2.24) is 5.32 Å². The second-order valence-corrected chi connectivity index (χ2v) is 5.03. The summed E-state index contributed by atoms with van der Waals surface area (Å²) in [5.41, 5.74) is 11.6. The molecule has 0 unspecified atom stereocenters. The smallest absolute Gasteiger partial charge is 0.0347 e. The first-order valence-corrected chi connectivity index (χ1v) is 7.50. The number of rotatable bonds is 7. The van der Waals surface area contributed by atoms with E-state index in [1.165, 1.54) is 24.1 Å². The molecule has 0 radical (unpaired) electrons. The minimum absolute atomic E-state index is 0.913. The van der Waals surface area contributed by atoms with Gasteiger partial charge in [0.25, 0.3) is 0 Å². The van der Waals surface area contributed by atoms with Crippen LogP contribution in [-0.4, -0.2) is 13.3 Å². The van der Waals surface area contributed by atoms with Crippen molar-refractivity contribution >= 4 is 6.21 Å². The summed E-state index contributed by atoms with van der Waals surface area (Å²) < 4.78 is 0. The topological polar surface area (TPSA) is 50.4 Å². The molecule has 1 rings (SSSR count). The summed E-state index contributed by atoms with van der Waals surface area (Å²) in [7, 11) is 1.75. The molecule has 0 saturated heterocycles. The van der Waals surface area contributed by atoms with Gasteiger partial charge in [-0.25, -0.2) is 0 Å². The standard InChI is InChI=1S/C18H27N3/c1-5-7-16(17(12-19)13-20-4)11-18(8-6-2)21-14(3)15-9-10-15/h5,7-8,11-13,21H,6,9-10,19H2,1-4H3/b7-5-,16-11+,17-12?,18-8-,20-13?. The zero-order valence-corrected chi connectivity index (χ0v) is 13.6. The maximum atomic E-state index is 5.72. The van der Waals surface area contributed by atoms with E-state index in [1.807, 2.05) is 19.1 Å². The molecule has 0 amide bonds. The van der Waals surface area contributed by atoms with Crippen molar-refractivity contribution in [2.24, 2.45) is 10.7 Å². The third-order valence-electron chi connectivity index (χ3n) is 3.22. The second kappa shape index (κ2) is 9.01. The molecule has 0 aromatic rings. The van der Waals surface area contributed by atoms with Crippen LogP contribution in [0.1, 0.15) is 40.0 Å². The van der Waals surface area contributed by atoms with E-state index < -0.39 is 0 Å². The molecule has 0 heterocycles. The highest BCUT2D eigenvalue weighted by Crippen LogP contribution is 2.30. The van der Waals surface area contributed by atoms with E-state index in [2.05, 4.69) is 36.3 Å².